The predicted molar refractivity (Wildman–Crippen MR) is 123 cm³/mol. The second-order valence-electron chi connectivity index (χ2n) is 8.14. The van der Waals surface area contributed by atoms with E-state index in [9.17, 15) is 4.79 Å². The Balaban J connectivity index is 1.59. The van der Waals surface area contributed by atoms with Gasteiger partial charge in [0.15, 0.2) is 12.0 Å². The molecule has 0 saturated carbocycles. The molecule has 1 saturated heterocycles. The van der Waals surface area contributed by atoms with E-state index in [1.807, 2.05) is 36.0 Å². The van der Waals surface area contributed by atoms with Gasteiger partial charge in [-0.1, -0.05) is 30.9 Å². The molecule has 162 valence electrons. The van der Waals surface area contributed by atoms with Gasteiger partial charge < -0.3 is 9.72 Å². The molecule has 5 rings (SSSR count). The number of aryl methyl sites for hydroxylation is 1. The van der Waals surface area contributed by atoms with Gasteiger partial charge >= 0.3 is 0 Å². The average molecular weight is 429 g/mol. The number of carbonyl (C=O) groups is 1. The van der Waals surface area contributed by atoms with Crippen molar-refractivity contribution in [2.24, 2.45) is 0 Å². The number of H-pyrrole nitrogens is 1. The number of carbonyl (C=O) groups excluding carboxylic acids is 1. The molecular weight excluding hydrogens is 405 g/mol. The van der Waals surface area contributed by atoms with Gasteiger partial charge in [-0.3, -0.25) is 4.79 Å². The van der Waals surface area contributed by atoms with Crippen LogP contribution in [0, 0.1) is 12.7 Å². The summed E-state index contributed by atoms with van der Waals surface area (Å²) in [5, 5.41) is 5.32. The number of hydrogen-bond donors (Lipinski definition) is 1. The van der Waals surface area contributed by atoms with Crippen LogP contribution in [0.5, 0.6) is 0 Å². The zero-order valence-corrected chi connectivity index (χ0v) is 17.9. The van der Waals surface area contributed by atoms with Crippen molar-refractivity contribution in [3.8, 4) is 11.3 Å². The normalized spacial score (nSPS) is 16.4. The molecule has 0 radical (unpaired) electrons. The molecule has 2 aromatic carbocycles. The monoisotopic (exact) mass is 429 g/mol. The maximum absolute atomic E-state index is 15.0. The highest BCUT2D eigenvalue weighted by molar-refractivity contribution is 6.14. The summed E-state index contributed by atoms with van der Waals surface area (Å²) in [5.74, 6) is -0.943. The molecule has 0 aliphatic carbocycles. The largest absolute Gasteiger partial charge is 0.361 e. The maximum atomic E-state index is 15.0. The number of aromatic nitrogens is 3. The van der Waals surface area contributed by atoms with Gasteiger partial charge in [-0.15, -0.1) is 0 Å². The molecule has 32 heavy (non-hydrogen) atoms. The van der Waals surface area contributed by atoms with E-state index in [1.165, 1.54) is 12.1 Å². The third kappa shape index (κ3) is 3.37. The quantitative estimate of drug-likeness (QED) is 0.393. The van der Waals surface area contributed by atoms with Crippen LogP contribution in [-0.4, -0.2) is 27.2 Å². The van der Waals surface area contributed by atoms with E-state index in [2.05, 4.69) is 16.7 Å². The van der Waals surface area contributed by atoms with Gasteiger partial charge in [0.1, 0.15) is 5.82 Å². The lowest BCUT2D eigenvalue weighted by Gasteiger charge is -2.25. The number of halogens is 1. The fourth-order valence-electron chi connectivity index (χ4n) is 4.54. The highest BCUT2D eigenvalue weighted by atomic mass is 19.1. The molecular formula is C26H24FN3O2. The third-order valence-corrected chi connectivity index (χ3v) is 6.08. The van der Waals surface area contributed by atoms with Crippen molar-refractivity contribution in [2.75, 3.05) is 6.61 Å². The number of ketones is 1. The average Bonchev–Trinajstić information content (AvgIpc) is 3.44. The Morgan fingerprint density at radius 2 is 2.19 bits per heavy atom. The first-order chi connectivity index (χ1) is 15.6. The van der Waals surface area contributed by atoms with E-state index >= 15 is 4.39 Å². The summed E-state index contributed by atoms with van der Waals surface area (Å²) in [5.41, 5.74) is 4.33. The van der Waals surface area contributed by atoms with E-state index in [4.69, 9.17) is 4.74 Å². The number of nitrogens with one attached hydrogen (secondary N) is 1. The molecule has 4 aromatic rings. The topological polar surface area (TPSA) is 59.9 Å². The molecule has 1 unspecified atom stereocenters. The maximum Gasteiger partial charge on any atom is 0.196 e. The number of rotatable bonds is 5. The van der Waals surface area contributed by atoms with Gasteiger partial charge in [-0.25, -0.2) is 9.07 Å². The van der Waals surface area contributed by atoms with Crippen LogP contribution in [0.3, 0.4) is 0 Å². The second kappa shape index (κ2) is 8.20. The molecule has 0 spiro atoms. The molecule has 0 bridgehead atoms. The summed E-state index contributed by atoms with van der Waals surface area (Å²) in [7, 11) is 0. The summed E-state index contributed by atoms with van der Waals surface area (Å²) in [4.78, 5) is 16.5. The van der Waals surface area contributed by atoms with Crippen molar-refractivity contribution in [1.29, 1.82) is 0 Å². The van der Waals surface area contributed by atoms with Crippen LogP contribution in [0.2, 0.25) is 0 Å². The minimum atomic E-state index is -0.568. The summed E-state index contributed by atoms with van der Waals surface area (Å²) >= 11 is 0. The van der Waals surface area contributed by atoms with Crippen LogP contribution in [-0.2, 0) is 4.74 Å². The van der Waals surface area contributed by atoms with E-state index in [0.29, 0.717) is 23.3 Å². The Bertz CT molecular complexity index is 1330. The Kier molecular flexibility index (Phi) is 5.23. The number of nitrogens with zero attached hydrogens (tertiary/aromatic N) is 2. The highest BCUT2D eigenvalue weighted by Gasteiger charge is 2.24. The Hall–Kier alpha value is -3.51. The molecule has 1 fully saturated rings. The van der Waals surface area contributed by atoms with Crippen molar-refractivity contribution in [3.05, 3.63) is 83.4 Å². The van der Waals surface area contributed by atoms with Gasteiger partial charge in [0.2, 0.25) is 0 Å². The summed E-state index contributed by atoms with van der Waals surface area (Å²) in [6.45, 7) is 6.52. The molecule has 1 N–H and O–H groups in total. The SMILES string of the molecule is C=Cc1c(C(=O)c2cccc(-c3c(C)cnn3C3CCCCO3)c2)c(F)cc2[nH]ccc12. The zero-order valence-electron chi connectivity index (χ0n) is 17.9. The van der Waals surface area contributed by atoms with E-state index in [1.54, 1.807) is 18.3 Å². The van der Waals surface area contributed by atoms with Crippen molar-refractivity contribution >= 4 is 22.8 Å². The van der Waals surface area contributed by atoms with Gasteiger partial charge in [0, 0.05) is 34.8 Å². The fourth-order valence-corrected chi connectivity index (χ4v) is 4.54. The van der Waals surface area contributed by atoms with E-state index in [-0.39, 0.29) is 17.6 Å². The molecule has 1 aliphatic rings. The molecule has 1 atom stereocenters. The summed E-state index contributed by atoms with van der Waals surface area (Å²) < 4.78 is 22.8. The summed E-state index contributed by atoms with van der Waals surface area (Å²) in [6, 6.07) is 10.5. The van der Waals surface area contributed by atoms with Crippen LogP contribution in [0.15, 0.2) is 55.4 Å². The van der Waals surface area contributed by atoms with Gasteiger partial charge in [0.25, 0.3) is 0 Å². The van der Waals surface area contributed by atoms with Crippen LogP contribution in [0.25, 0.3) is 28.2 Å². The van der Waals surface area contributed by atoms with Gasteiger partial charge in [-0.2, -0.15) is 5.10 Å². The summed E-state index contributed by atoms with van der Waals surface area (Å²) in [6.07, 6.45) is 8.01. The van der Waals surface area contributed by atoms with E-state index < -0.39 is 5.82 Å². The molecule has 3 heterocycles. The number of aromatic amines is 1. The first kappa shape index (κ1) is 20.4. The molecule has 1 aliphatic heterocycles. The first-order valence-corrected chi connectivity index (χ1v) is 10.8. The smallest absolute Gasteiger partial charge is 0.196 e. The number of hydrogen-bond acceptors (Lipinski definition) is 3. The van der Waals surface area contributed by atoms with E-state index in [0.717, 1.165) is 41.5 Å². The first-order valence-electron chi connectivity index (χ1n) is 10.8. The molecule has 5 nitrogen and oxygen atoms in total. The lowest BCUT2D eigenvalue weighted by atomic mass is 9.93. The Morgan fingerprint density at radius 3 is 2.97 bits per heavy atom. The van der Waals surface area contributed by atoms with Crippen LogP contribution >= 0.6 is 0 Å². The fraction of sp³-hybridized carbons (Fsp3) is 0.231. The lowest BCUT2D eigenvalue weighted by molar-refractivity contribution is -0.0383. The van der Waals surface area contributed by atoms with Crippen molar-refractivity contribution < 1.29 is 13.9 Å². The number of fused-ring (bicyclic) bond motifs is 1. The minimum absolute atomic E-state index is 0.0325. The van der Waals surface area contributed by atoms with Crippen molar-refractivity contribution in [3.63, 3.8) is 0 Å². The van der Waals surface area contributed by atoms with Crippen LogP contribution < -0.4 is 0 Å². The molecule has 6 heteroatoms. The van der Waals surface area contributed by atoms with Crippen molar-refractivity contribution in [1.82, 2.24) is 14.8 Å². The molecule has 2 aromatic heterocycles. The predicted octanol–water partition coefficient (Wildman–Crippen LogP) is 6.05. The second-order valence-corrected chi connectivity index (χ2v) is 8.14. The standard InChI is InChI=1S/C26H24FN3O2/c1-3-19-20-10-11-28-22(20)14-21(27)24(19)26(31)18-8-6-7-17(13-18)25-16(2)15-29-30(25)23-9-4-5-12-32-23/h3,6-8,10-11,13-15,23,28H,1,4-5,9,12H2,2H3. The lowest BCUT2D eigenvalue weighted by Crippen LogP contribution is -2.20. The van der Waals surface area contributed by atoms with Gasteiger partial charge in [0.05, 0.1) is 17.5 Å². The number of ether oxygens (including phenoxy) is 1. The minimum Gasteiger partial charge on any atom is -0.361 e. The van der Waals surface area contributed by atoms with Gasteiger partial charge in [-0.05, 0) is 55.5 Å². The number of benzene rings is 2. The van der Waals surface area contributed by atoms with Crippen molar-refractivity contribution in [2.45, 2.75) is 32.4 Å². The highest BCUT2D eigenvalue weighted by Crippen LogP contribution is 2.33. The Labute approximate surface area is 185 Å². The van der Waals surface area contributed by atoms with Crippen LogP contribution in [0.4, 0.5) is 4.39 Å². The van der Waals surface area contributed by atoms with Crippen LogP contribution in [0.1, 0.15) is 52.5 Å². The third-order valence-electron chi connectivity index (χ3n) is 6.08. The Morgan fingerprint density at radius 1 is 1.31 bits per heavy atom. The zero-order chi connectivity index (χ0) is 22.2. The molecule has 0 amide bonds.